The Balaban J connectivity index is 1.45. The van der Waals surface area contributed by atoms with Gasteiger partial charge < -0.3 is 65.6 Å². The molecule has 0 amide bonds. The quantitative estimate of drug-likeness (QED) is 0.102. The molecule has 14 heteroatoms. The molecule has 0 spiro atoms. The van der Waals surface area contributed by atoms with E-state index in [-0.39, 0.29) is 39.3 Å². The minimum absolute atomic E-state index is 0.0361. The Bertz CT molecular complexity index is 2120. The van der Waals surface area contributed by atoms with Gasteiger partial charge in [0, 0.05) is 40.6 Å². The first kappa shape index (κ1) is 33.7. The lowest BCUT2D eigenvalue weighted by atomic mass is 9.77. The van der Waals surface area contributed by atoms with Crippen LogP contribution in [0.15, 0.2) is 78.9 Å². The van der Waals surface area contributed by atoms with Crippen molar-refractivity contribution in [3.63, 3.8) is 0 Å². The second-order valence-corrected chi connectivity index (χ2v) is 13.5. The zero-order valence-corrected chi connectivity index (χ0v) is 27.1. The average molecular weight is 717 g/mol. The van der Waals surface area contributed by atoms with Gasteiger partial charge in [0.2, 0.25) is 0 Å². The van der Waals surface area contributed by atoms with E-state index in [1.165, 1.54) is 30.0 Å². The number of aromatic hydroxyl groups is 9. The van der Waals surface area contributed by atoms with E-state index in [1.54, 1.807) is 0 Å². The third-order valence-corrected chi connectivity index (χ3v) is 10.5. The first-order valence-electron chi connectivity index (χ1n) is 15.6. The fourth-order valence-corrected chi connectivity index (χ4v) is 8.04. The monoisotopic (exact) mass is 716 g/mol. The maximum atomic E-state index is 12.1. The number of rotatable bonds is 6. The summed E-state index contributed by atoms with van der Waals surface area (Å²) in [7, 11) is 0. The fourth-order valence-electron chi connectivity index (χ4n) is 6.75. The summed E-state index contributed by atoms with van der Waals surface area (Å²) in [6, 6.07) is 18.4. The van der Waals surface area contributed by atoms with E-state index < -0.39 is 87.3 Å². The van der Waals surface area contributed by atoms with E-state index in [2.05, 4.69) is 0 Å². The summed E-state index contributed by atoms with van der Waals surface area (Å²) >= 11 is 1.24. The van der Waals surface area contributed by atoms with Crippen molar-refractivity contribution >= 4 is 11.8 Å². The lowest BCUT2D eigenvalue weighted by Crippen LogP contribution is -2.37. The minimum Gasteiger partial charge on any atom is -0.508 e. The van der Waals surface area contributed by atoms with Crippen LogP contribution in [-0.4, -0.2) is 68.4 Å². The standard InChI is InChI=1S/C37H32O13S/c38-18-11-21(41)27-26(12-18)49-35(17-9-24(44)31(46)25(45)10-17)32(47)30(27)28-22(42)13-23(43)29-36(28)50-34(16-6-7-19(39)20(40)8-16)33(48)37(29)51-14-15-4-2-1-3-5-15/h1-13,30,32-35,37-48H,14H2/t30-,32-,33+,34-,35-,37+/m1/s1. The fraction of sp³-hybridized carbons (Fsp3) is 0.189. The van der Waals surface area contributed by atoms with Gasteiger partial charge in [0.25, 0.3) is 0 Å². The number of phenols is 9. The number of hydrogen-bond donors (Lipinski definition) is 11. The Morgan fingerprint density at radius 2 is 1.16 bits per heavy atom. The molecule has 2 aliphatic rings. The second kappa shape index (κ2) is 12.8. The molecule has 6 atom stereocenters. The molecule has 0 radical (unpaired) electrons. The minimum atomic E-state index is -1.75. The Kier molecular flexibility index (Phi) is 8.45. The van der Waals surface area contributed by atoms with Crippen LogP contribution in [0.1, 0.15) is 56.8 Å². The number of benzene rings is 5. The van der Waals surface area contributed by atoms with Crippen LogP contribution in [-0.2, 0) is 5.75 Å². The molecule has 7 rings (SSSR count). The van der Waals surface area contributed by atoms with E-state index in [0.717, 1.165) is 35.9 Å². The van der Waals surface area contributed by atoms with Crippen LogP contribution in [0.3, 0.4) is 0 Å². The van der Waals surface area contributed by atoms with Gasteiger partial charge in [0.1, 0.15) is 46.7 Å². The third-order valence-electron chi connectivity index (χ3n) is 9.12. The zero-order valence-electron chi connectivity index (χ0n) is 26.3. The van der Waals surface area contributed by atoms with Gasteiger partial charge in [-0.1, -0.05) is 36.4 Å². The molecule has 51 heavy (non-hydrogen) atoms. The van der Waals surface area contributed by atoms with E-state index in [0.29, 0.717) is 5.75 Å². The molecule has 0 bridgehead atoms. The van der Waals surface area contributed by atoms with E-state index in [9.17, 15) is 56.2 Å². The predicted molar refractivity (Wildman–Crippen MR) is 182 cm³/mol. The van der Waals surface area contributed by atoms with Crippen LogP contribution in [0.2, 0.25) is 0 Å². The van der Waals surface area contributed by atoms with Crippen molar-refractivity contribution < 1.29 is 65.6 Å². The molecule has 0 unspecified atom stereocenters. The topological polar surface area (TPSA) is 241 Å². The number of aliphatic hydroxyl groups is 2. The SMILES string of the molecule is Oc1cc(O)c2c(c1)O[C@H](c1cc(O)c(O)c(O)c1)[C@H](O)[C@H]2c1c(O)cc(O)c2c1O[C@H](c1ccc(O)c(O)c1)[C@H](O)[C@H]2SCc1ccccc1. The Morgan fingerprint density at radius 1 is 0.529 bits per heavy atom. The van der Waals surface area contributed by atoms with Gasteiger partial charge in [0.15, 0.2) is 41.0 Å². The van der Waals surface area contributed by atoms with E-state index in [1.807, 2.05) is 30.3 Å². The van der Waals surface area contributed by atoms with E-state index >= 15 is 0 Å². The molecule has 0 saturated heterocycles. The smallest absolute Gasteiger partial charge is 0.200 e. The van der Waals surface area contributed by atoms with Crippen LogP contribution < -0.4 is 9.47 Å². The molecule has 5 aromatic rings. The molecule has 2 aliphatic heterocycles. The van der Waals surface area contributed by atoms with Crippen LogP contribution in [0.25, 0.3) is 0 Å². The first-order valence-corrected chi connectivity index (χ1v) is 16.6. The summed E-state index contributed by atoms with van der Waals surface area (Å²) < 4.78 is 12.4. The number of hydrogen-bond acceptors (Lipinski definition) is 14. The molecule has 0 fully saturated rings. The lowest BCUT2D eigenvalue weighted by molar-refractivity contribution is 0.000523. The summed E-state index contributed by atoms with van der Waals surface area (Å²) in [5.74, 6) is -6.67. The van der Waals surface area contributed by atoms with Crippen LogP contribution in [0.4, 0.5) is 0 Å². The summed E-state index contributed by atoms with van der Waals surface area (Å²) in [5.41, 5.74) is 0.853. The van der Waals surface area contributed by atoms with Gasteiger partial charge in [-0.25, -0.2) is 0 Å². The van der Waals surface area contributed by atoms with Crippen LogP contribution in [0.5, 0.6) is 63.2 Å². The van der Waals surface area contributed by atoms with Gasteiger partial charge in [-0.3, -0.25) is 0 Å². The molecule has 264 valence electrons. The zero-order chi connectivity index (χ0) is 36.3. The maximum Gasteiger partial charge on any atom is 0.200 e. The largest absolute Gasteiger partial charge is 0.508 e. The van der Waals surface area contributed by atoms with Crippen LogP contribution >= 0.6 is 11.8 Å². The van der Waals surface area contributed by atoms with Gasteiger partial charge >= 0.3 is 0 Å². The van der Waals surface area contributed by atoms with Crippen molar-refractivity contribution in [2.24, 2.45) is 0 Å². The highest BCUT2D eigenvalue weighted by molar-refractivity contribution is 7.98. The number of fused-ring (bicyclic) bond motifs is 2. The number of ether oxygens (including phenoxy) is 2. The summed E-state index contributed by atoms with van der Waals surface area (Å²) in [5, 5.41) is 118. The summed E-state index contributed by atoms with van der Waals surface area (Å²) in [6.45, 7) is 0. The van der Waals surface area contributed by atoms with Crippen LogP contribution in [0, 0.1) is 0 Å². The number of thioether (sulfide) groups is 1. The van der Waals surface area contributed by atoms with Crippen molar-refractivity contribution in [1.82, 2.24) is 0 Å². The molecular formula is C37H32O13S. The van der Waals surface area contributed by atoms with Gasteiger partial charge in [-0.15, -0.1) is 11.8 Å². The van der Waals surface area contributed by atoms with Gasteiger partial charge in [-0.05, 0) is 35.4 Å². The maximum absolute atomic E-state index is 12.1. The third kappa shape index (κ3) is 5.82. The lowest BCUT2D eigenvalue weighted by Gasteiger charge is -2.42. The Hall–Kier alpha value is -5.83. The van der Waals surface area contributed by atoms with Crippen molar-refractivity contribution in [2.75, 3.05) is 0 Å². The molecule has 0 aromatic heterocycles. The van der Waals surface area contributed by atoms with Gasteiger partial charge in [0.05, 0.1) is 16.7 Å². The summed E-state index contributed by atoms with van der Waals surface area (Å²) in [4.78, 5) is 0. The number of aliphatic hydroxyl groups excluding tert-OH is 2. The molecule has 0 aliphatic carbocycles. The molecule has 2 heterocycles. The Morgan fingerprint density at radius 3 is 1.84 bits per heavy atom. The summed E-state index contributed by atoms with van der Waals surface area (Å²) in [6.07, 6.45) is -5.87. The molecule has 0 saturated carbocycles. The van der Waals surface area contributed by atoms with E-state index in [4.69, 9.17) is 9.47 Å². The van der Waals surface area contributed by atoms with Crippen molar-refractivity contribution in [1.29, 1.82) is 0 Å². The molecule has 13 nitrogen and oxygen atoms in total. The molecule has 5 aromatic carbocycles. The van der Waals surface area contributed by atoms with Gasteiger partial charge in [-0.2, -0.15) is 0 Å². The van der Waals surface area contributed by atoms with Crippen molar-refractivity contribution in [2.45, 2.75) is 41.3 Å². The molecular weight excluding hydrogens is 684 g/mol. The highest BCUT2D eigenvalue weighted by Gasteiger charge is 2.48. The predicted octanol–water partition coefficient (Wildman–Crippen LogP) is 5.13. The number of phenolic OH excluding ortho intramolecular Hbond substituents is 9. The average Bonchev–Trinajstić information content (AvgIpc) is 3.08. The second-order valence-electron chi connectivity index (χ2n) is 12.4. The highest BCUT2D eigenvalue weighted by atomic mass is 32.2. The first-order chi connectivity index (χ1) is 24.3. The highest BCUT2D eigenvalue weighted by Crippen LogP contribution is 2.60. The Labute approximate surface area is 293 Å². The van der Waals surface area contributed by atoms with Crippen molar-refractivity contribution in [3.8, 4) is 63.2 Å². The molecule has 11 N–H and O–H groups in total. The normalized spacial score (nSPS) is 22.3. The van der Waals surface area contributed by atoms with Crippen molar-refractivity contribution in [3.05, 3.63) is 112 Å².